The molecule has 1 saturated heterocycles. The van der Waals surface area contributed by atoms with E-state index in [1.807, 2.05) is 49.3 Å². The van der Waals surface area contributed by atoms with Crippen molar-refractivity contribution in [2.45, 2.75) is 44.0 Å². The Labute approximate surface area is 175 Å². The second kappa shape index (κ2) is 10.5. The molecule has 0 spiro atoms. The van der Waals surface area contributed by atoms with Gasteiger partial charge in [-0.05, 0) is 26.2 Å². The molecule has 1 aliphatic rings. The molecule has 0 saturated carbocycles. The smallest absolute Gasteiger partial charge is 0.222 e. The van der Waals surface area contributed by atoms with Crippen molar-refractivity contribution in [3.8, 4) is 5.75 Å². The Kier molecular flexibility index (Phi) is 7.75. The van der Waals surface area contributed by atoms with E-state index in [0.29, 0.717) is 18.8 Å². The Bertz CT molecular complexity index is 800. The van der Waals surface area contributed by atoms with Gasteiger partial charge in [0.2, 0.25) is 5.91 Å². The number of nitrogens with zero attached hydrogens (tertiary/aromatic N) is 4. The molecule has 164 valence electrons. The first-order chi connectivity index (χ1) is 14.4. The van der Waals surface area contributed by atoms with Crippen molar-refractivity contribution in [2.75, 3.05) is 27.2 Å². The van der Waals surface area contributed by atoms with E-state index in [0.717, 1.165) is 5.75 Å². The summed E-state index contributed by atoms with van der Waals surface area (Å²) < 4.78 is 12.9. The lowest BCUT2D eigenvalue weighted by Crippen LogP contribution is -2.37. The van der Waals surface area contributed by atoms with E-state index in [2.05, 4.69) is 15.6 Å². The number of carbonyl (C=O) groups is 1. The van der Waals surface area contributed by atoms with Crippen LogP contribution in [0.15, 0.2) is 36.5 Å². The number of aromatic nitrogens is 3. The summed E-state index contributed by atoms with van der Waals surface area (Å²) in [6.07, 6.45) is -2.03. The molecule has 1 aromatic carbocycles. The third-order valence-electron chi connectivity index (χ3n) is 4.81. The van der Waals surface area contributed by atoms with Crippen molar-refractivity contribution in [2.24, 2.45) is 0 Å². The molecule has 10 nitrogen and oxygen atoms in total. The van der Waals surface area contributed by atoms with Gasteiger partial charge in [0, 0.05) is 13.1 Å². The molecule has 0 radical (unpaired) electrons. The summed E-state index contributed by atoms with van der Waals surface area (Å²) in [5.41, 5.74) is 0.628. The van der Waals surface area contributed by atoms with Gasteiger partial charge in [-0.25, -0.2) is 4.68 Å². The van der Waals surface area contributed by atoms with Gasteiger partial charge in [-0.3, -0.25) is 4.79 Å². The summed E-state index contributed by atoms with van der Waals surface area (Å²) in [7, 11) is 3.83. The van der Waals surface area contributed by atoms with Gasteiger partial charge >= 0.3 is 0 Å². The average Bonchev–Trinajstić information content (AvgIpc) is 3.27. The number of aliphatic hydroxyl groups is 2. The predicted molar refractivity (Wildman–Crippen MR) is 108 cm³/mol. The maximum Gasteiger partial charge on any atom is 0.222 e. The number of hydrogen-bond donors (Lipinski definition) is 3. The number of benzene rings is 1. The van der Waals surface area contributed by atoms with E-state index in [9.17, 15) is 15.0 Å². The van der Waals surface area contributed by atoms with E-state index < -0.39 is 24.4 Å². The van der Waals surface area contributed by atoms with Crippen molar-refractivity contribution in [1.82, 2.24) is 25.2 Å². The van der Waals surface area contributed by atoms with Crippen molar-refractivity contribution in [1.29, 1.82) is 0 Å². The lowest BCUT2D eigenvalue weighted by atomic mass is 10.1. The molecule has 30 heavy (non-hydrogen) atoms. The summed E-state index contributed by atoms with van der Waals surface area (Å²) >= 11 is 0. The highest BCUT2D eigenvalue weighted by molar-refractivity contribution is 5.76. The molecule has 1 aliphatic heterocycles. The summed E-state index contributed by atoms with van der Waals surface area (Å²) in [5, 5.41) is 31.4. The highest BCUT2D eigenvalue weighted by atomic mass is 16.5. The number of para-hydroxylation sites is 1. The van der Waals surface area contributed by atoms with Gasteiger partial charge in [0.15, 0.2) is 0 Å². The number of rotatable bonds is 10. The Morgan fingerprint density at radius 2 is 1.97 bits per heavy atom. The topological polar surface area (TPSA) is 122 Å². The fourth-order valence-corrected chi connectivity index (χ4v) is 3.17. The molecule has 2 aromatic rings. The zero-order valence-electron chi connectivity index (χ0n) is 17.2. The van der Waals surface area contributed by atoms with Crippen LogP contribution >= 0.6 is 0 Å². The third-order valence-corrected chi connectivity index (χ3v) is 4.81. The largest absolute Gasteiger partial charge is 0.487 e. The number of amides is 1. The lowest BCUT2D eigenvalue weighted by Gasteiger charge is -2.15. The van der Waals surface area contributed by atoms with E-state index in [1.165, 1.54) is 4.68 Å². The van der Waals surface area contributed by atoms with Crippen LogP contribution in [0.4, 0.5) is 0 Å². The molecule has 2 heterocycles. The van der Waals surface area contributed by atoms with Crippen LogP contribution in [-0.2, 0) is 22.7 Å². The first kappa shape index (κ1) is 22.2. The zero-order chi connectivity index (χ0) is 21.5. The third kappa shape index (κ3) is 6.23. The van der Waals surface area contributed by atoms with Crippen LogP contribution in [0.1, 0.15) is 12.1 Å². The fraction of sp³-hybridized carbons (Fsp3) is 0.550. The summed E-state index contributed by atoms with van der Waals surface area (Å²) in [5.74, 6) is 0.506. The molecular formula is C20H29N5O5. The van der Waals surface area contributed by atoms with Crippen LogP contribution in [0, 0.1) is 0 Å². The average molecular weight is 419 g/mol. The molecule has 10 heteroatoms. The molecule has 0 bridgehead atoms. The van der Waals surface area contributed by atoms with Crippen LogP contribution < -0.4 is 10.1 Å². The minimum absolute atomic E-state index is 0.0182. The predicted octanol–water partition coefficient (Wildman–Crippen LogP) is -0.586. The van der Waals surface area contributed by atoms with E-state index >= 15 is 0 Å². The lowest BCUT2D eigenvalue weighted by molar-refractivity contribution is -0.125. The van der Waals surface area contributed by atoms with Gasteiger partial charge in [0.05, 0.1) is 25.3 Å². The van der Waals surface area contributed by atoms with Gasteiger partial charge in [0.1, 0.15) is 36.4 Å². The Hall–Kier alpha value is -2.53. The summed E-state index contributed by atoms with van der Waals surface area (Å²) in [6.45, 7) is 1.69. The molecule has 1 amide bonds. The van der Waals surface area contributed by atoms with Crippen LogP contribution in [0.5, 0.6) is 5.75 Å². The fourth-order valence-electron chi connectivity index (χ4n) is 3.17. The SMILES string of the molecule is CN(C)CCNC(=O)C[C@@H]1O[C@H](Cn2cc(COc3ccccc3)nn2)[C@@H](O)[C@H]1O. The second-order valence-corrected chi connectivity index (χ2v) is 7.59. The summed E-state index contributed by atoms with van der Waals surface area (Å²) in [6, 6.07) is 9.38. The molecule has 4 atom stereocenters. The van der Waals surface area contributed by atoms with Gasteiger partial charge in [0.25, 0.3) is 0 Å². The molecule has 3 rings (SSSR count). The molecule has 1 fully saturated rings. The van der Waals surface area contributed by atoms with E-state index in [-0.39, 0.29) is 25.5 Å². The standard InChI is InChI=1S/C20H29N5O5/c1-24(2)9-8-21-18(26)10-16-19(27)20(28)17(30-16)12-25-11-14(22-23-25)13-29-15-6-4-3-5-7-15/h3-7,11,16-17,19-20,27-28H,8-10,12-13H2,1-2H3,(H,21,26)/t16-,17+,19-,20+/m0/s1. The zero-order valence-corrected chi connectivity index (χ0v) is 17.2. The monoisotopic (exact) mass is 419 g/mol. The molecule has 0 unspecified atom stereocenters. The molecule has 3 N–H and O–H groups in total. The highest BCUT2D eigenvalue weighted by Crippen LogP contribution is 2.24. The van der Waals surface area contributed by atoms with Crippen LogP contribution in [0.2, 0.25) is 0 Å². The van der Waals surface area contributed by atoms with Gasteiger partial charge in [-0.2, -0.15) is 0 Å². The van der Waals surface area contributed by atoms with Crippen molar-refractivity contribution < 1.29 is 24.5 Å². The Morgan fingerprint density at radius 1 is 1.23 bits per heavy atom. The number of nitrogens with one attached hydrogen (secondary N) is 1. The molecular weight excluding hydrogens is 390 g/mol. The highest BCUT2D eigenvalue weighted by Gasteiger charge is 2.43. The first-order valence-corrected chi connectivity index (χ1v) is 9.92. The van der Waals surface area contributed by atoms with Crippen molar-refractivity contribution in [3.63, 3.8) is 0 Å². The van der Waals surface area contributed by atoms with E-state index in [4.69, 9.17) is 9.47 Å². The number of aliphatic hydroxyl groups excluding tert-OH is 2. The van der Waals surface area contributed by atoms with Crippen molar-refractivity contribution in [3.05, 3.63) is 42.2 Å². The van der Waals surface area contributed by atoms with Crippen LogP contribution in [0.25, 0.3) is 0 Å². The molecule has 0 aliphatic carbocycles. The minimum atomic E-state index is -1.14. The maximum absolute atomic E-state index is 12.0. The number of likely N-dealkylation sites (N-methyl/N-ethyl adjacent to an activating group) is 1. The van der Waals surface area contributed by atoms with Gasteiger partial charge in [-0.1, -0.05) is 23.4 Å². The number of hydrogen-bond acceptors (Lipinski definition) is 8. The number of carbonyl (C=O) groups excluding carboxylic acids is 1. The quantitative estimate of drug-likeness (QED) is 0.467. The Balaban J connectivity index is 1.47. The van der Waals surface area contributed by atoms with Gasteiger partial charge < -0.3 is 29.9 Å². The first-order valence-electron chi connectivity index (χ1n) is 9.92. The maximum atomic E-state index is 12.0. The van der Waals surface area contributed by atoms with E-state index in [1.54, 1.807) is 6.20 Å². The molecule has 1 aromatic heterocycles. The normalized spacial score (nSPS) is 23.6. The second-order valence-electron chi connectivity index (χ2n) is 7.59. The van der Waals surface area contributed by atoms with Gasteiger partial charge in [-0.15, -0.1) is 5.10 Å². The minimum Gasteiger partial charge on any atom is -0.487 e. The summed E-state index contributed by atoms with van der Waals surface area (Å²) in [4.78, 5) is 14.0. The van der Waals surface area contributed by atoms with Crippen LogP contribution in [-0.4, -0.2) is 87.6 Å². The number of ether oxygens (including phenoxy) is 2. The van der Waals surface area contributed by atoms with Crippen LogP contribution in [0.3, 0.4) is 0 Å². The van der Waals surface area contributed by atoms with Crippen molar-refractivity contribution >= 4 is 5.91 Å². The Morgan fingerprint density at radius 3 is 2.70 bits per heavy atom.